The van der Waals surface area contributed by atoms with E-state index in [4.69, 9.17) is 22.9 Å². The third kappa shape index (κ3) is 14.8. The molecule has 0 saturated carbocycles. The van der Waals surface area contributed by atoms with Crippen LogP contribution in [0.4, 0.5) is 0 Å². The lowest BCUT2D eigenvalue weighted by Gasteiger charge is -2.28. The van der Waals surface area contributed by atoms with Crippen molar-refractivity contribution in [3.05, 3.63) is 71.9 Å². The average molecular weight is 806 g/mol. The van der Waals surface area contributed by atoms with Gasteiger partial charge in [0.25, 0.3) is 0 Å². The van der Waals surface area contributed by atoms with Crippen molar-refractivity contribution in [2.24, 2.45) is 33.8 Å². The van der Waals surface area contributed by atoms with Gasteiger partial charge in [0.2, 0.25) is 29.5 Å². The Morgan fingerprint density at radius 1 is 0.707 bits per heavy atom. The number of hydrogen-bond donors (Lipinski definition) is 11. The largest absolute Gasteiger partial charge is 0.480 e. The van der Waals surface area contributed by atoms with E-state index in [-0.39, 0.29) is 38.2 Å². The predicted octanol–water partition coefficient (Wildman–Crippen LogP) is -0.353. The predicted molar refractivity (Wildman–Crippen MR) is 221 cm³/mol. The van der Waals surface area contributed by atoms with E-state index in [1.54, 1.807) is 50.4 Å². The Hall–Kier alpha value is -6.01. The molecule has 0 aliphatic rings. The number of para-hydroxylation sites is 1. The zero-order valence-corrected chi connectivity index (χ0v) is 33.3. The summed E-state index contributed by atoms with van der Waals surface area (Å²) in [6.45, 7) is 5.32. The van der Waals surface area contributed by atoms with E-state index >= 15 is 0 Å². The number of unbranched alkanes of at least 4 members (excludes halogenated alkanes) is 1. The van der Waals surface area contributed by atoms with Crippen LogP contribution in [0, 0.1) is 5.92 Å². The fourth-order valence-corrected chi connectivity index (χ4v) is 6.18. The van der Waals surface area contributed by atoms with Crippen molar-refractivity contribution in [3.63, 3.8) is 0 Å². The zero-order chi connectivity index (χ0) is 42.8. The van der Waals surface area contributed by atoms with Gasteiger partial charge in [-0.05, 0) is 68.7 Å². The van der Waals surface area contributed by atoms with Crippen molar-refractivity contribution in [1.82, 2.24) is 31.6 Å². The highest BCUT2D eigenvalue weighted by Gasteiger charge is 2.34. The summed E-state index contributed by atoms with van der Waals surface area (Å²) in [6.07, 6.45) is 3.68. The number of carboxylic acids is 1. The summed E-state index contributed by atoms with van der Waals surface area (Å²) in [5, 5.41) is 23.6. The molecule has 1 heterocycles. The van der Waals surface area contributed by atoms with Gasteiger partial charge in [0.15, 0.2) is 5.96 Å². The molecule has 1 aromatic heterocycles. The number of rotatable bonds is 24. The topological polar surface area (TPSA) is 315 Å². The number of guanidine groups is 1. The maximum atomic E-state index is 14.4. The monoisotopic (exact) mass is 805 g/mol. The van der Waals surface area contributed by atoms with Gasteiger partial charge in [0.05, 0.1) is 6.04 Å². The van der Waals surface area contributed by atoms with Crippen LogP contribution in [0.15, 0.2) is 65.8 Å². The molecule has 0 saturated heterocycles. The van der Waals surface area contributed by atoms with Gasteiger partial charge in [-0.15, -0.1) is 0 Å². The molecular weight excluding hydrogens is 747 g/mol. The second-order valence-corrected chi connectivity index (χ2v) is 14.6. The van der Waals surface area contributed by atoms with Crippen LogP contribution in [-0.4, -0.2) is 101 Å². The van der Waals surface area contributed by atoms with Crippen LogP contribution in [-0.2, 0) is 41.6 Å². The molecule has 0 aliphatic carbocycles. The van der Waals surface area contributed by atoms with Crippen LogP contribution in [0.2, 0.25) is 0 Å². The Balaban J connectivity index is 1.94. The lowest BCUT2D eigenvalue weighted by atomic mass is 9.99. The molecule has 2 aromatic carbocycles. The van der Waals surface area contributed by atoms with Crippen LogP contribution in [0.1, 0.15) is 64.0 Å². The first-order chi connectivity index (χ1) is 27.6. The number of nitrogens with one attached hydrogen (secondary N) is 6. The molecule has 18 nitrogen and oxygen atoms in total. The highest BCUT2D eigenvalue weighted by Crippen LogP contribution is 2.20. The first-order valence-corrected chi connectivity index (χ1v) is 19.5. The Bertz CT molecular complexity index is 1860. The van der Waals surface area contributed by atoms with Gasteiger partial charge in [-0.3, -0.25) is 33.8 Å². The fourth-order valence-electron chi connectivity index (χ4n) is 6.18. The highest BCUT2D eigenvalue weighted by atomic mass is 16.4. The van der Waals surface area contributed by atoms with Gasteiger partial charge in [0, 0.05) is 36.5 Å². The molecule has 18 heteroatoms. The van der Waals surface area contributed by atoms with Crippen molar-refractivity contribution >= 4 is 52.4 Å². The van der Waals surface area contributed by atoms with Gasteiger partial charge >= 0.3 is 5.97 Å². The lowest BCUT2D eigenvalue weighted by molar-refractivity contribution is -0.142. The highest BCUT2D eigenvalue weighted by molar-refractivity contribution is 5.97. The standard InChI is InChI=1S/C40H59N11O7/c1-23(2)33(38(56)47-24(3)39(57)58)51-37(55)31(20-25-12-5-4-6-13-25)49-36(54)32(21-26-22-46-29-16-8-7-14-27(26)29)50-35(53)30(17-9-10-18-41)48-34(52)28(42)15-11-19-45-40(43)44/h4-8,12-14,16,22-24,28,30-33,46H,9-11,15,17-21,41-42H2,1-3H3,(H,47,56)(H,48,52)(H,49,54)(H,50,53)(H,51,55)(H,57,58)(H4,43,44,45)/t24-,28-,30-,31-,32-,33-/m0/s1. The Kier molecular flexibility index (Phi) is 18.6. The molecule has 6 atom stereocenters. The van der Waals surface area contributed by atoms with E-state index in [9.17, 15) is 33.9 Å². The summed E-state index contributed by atoms with van der Waals surface area (Å²) in [6, 6.07) is 9.46. The summed E-state index contributed by atoms with van der Waals surface area (Å²) in [7, 11) is 0. The van der Waals surface area contributed by atoms with Crippen molar-refractivity contribution in [3.8, 4) is 0 Å². The molecule has 0 aliphatic heterocycles. The number of nitrogens with two attached hydrogens (primary N) is 4. The third-order valence-corrected chi connectivity index (χ3v) is 9.51. The summed E-state index contributed by atoms with van der Waals surface area (Å²) < 4.78 is 0. The normalized spacial score (nSPS) is 14.2. The second-order valence-electron chi connectivity index (χ2n) is 14.6. The molecule has 0 fully saturated rings. The van der Waals surface area contributed by atoms with Crippen LogP contribution >= 0.6 is 0 Å². The van der Waals surface area contributed by atoms with E-state index in [1.807, 2.05) is 24.3 Å². The Morgan fingerprint density at radius 2 is 1.31 bits per heavy atom. The lowest BCUT2D eigenvalue weighted by Crippen LogP contribution is -2.60. The number of fused-ring (bicyclic) bond motifs is 1. The zero-order valence-electron chi connectivity index (χ0n) is 33.3. The fraction of sp³-hybridized carbons (Fsp3) is 0.475. The number of hydrogen-bond acceptors (Lipinski definition) is 9. The average Bonchev–Trinajstić information content (AvgIpc) is 3.59. The first kappa shape index (κ1) is 46.4. The van der Waals surface area contributed by atoms with Gasteiger partial charge in [-0.2, -0.15) is 0 Å². The van der Waals surface area contributed by atoms with Gasteiger partial charge in [-0.25, -0.2) is 0 Å². The minimum Gasteiger partial charge on any atom is -0.480 e. The smallest absolute Gasteiger partial charge is 0.325 e. The van der Waals surface area contributed by atoms with Gasteiger partial charge in [-0.1, -0.05) is 62.4 Å². The minimum absolute atomic E-state index is 0.000857. The van der Waals surface area contributed by atoms with E-state index in [0.717, 1.165) is 10.9 Å². The molecule has 0 bridgehead atoms. The van der Waals surface area contributed by atoms with Gasteiger partial charge in [0.1, 0.15) is 30.2 Å². The number of aliphatic carboxylic acids is 1. The van der Waals surface area contributed by atoms with E-state index in [0.29, 0.717) is 36.9 Å². The summed E-state index contributed by atoms with van der Waals surface area (Å²) in [5.74, 6) is -5.11. The van der Waals surface area contributed by atoms with Crippen LogP contribution in [0.3, 0.4) is 0 Å². The minimum atomic E-state index is -1.25. The number of benzene rings is 2. The number of carboxylic acid groups (broad SMARTS) is 1. The van der Waals surface area contributed by atoms with Crippen LogP contribution in [0.25, 0.3) is 10.9 Å². The quantitative estimate of drug-likeness (QED) is 0.0316. The maximum absolute atomic E-state index is 14.4. The Labute approximate surface area is 338 Å². The summed E-state index contributed by atoms with van der Waals surface area (Å²) in [5.41, 5.74) is 24.8. The van der Waals surface area contributed by atoms with Crippen molar-refractivity contribution < 1.29 is 33.9 Å². The molecule has 3 aromatic rings. The summed E-state index contributed by atoms with van der Waals surface area (Å²) >= 11 is 0. The number of aromatic nitrogens is 1. The third-order valence-electron chi connectivity index (χ3n) is 9.51. The molecule has 0 unspecified atom stereocenters. The molecular formula is C40H59N11O7. The number of nitrogens with zero attached hydrogens (tertiary/aromatic N) is 1. The van der Waals surface area contributed by atoms with Crippen molar-refractivity contribution in [1.29, 1.82) is 0 Å². The molecule has 3 rings (SSSR count). The molecule has 0 spiro atoms. The van der Waals surface area contributed by atoms with E-state index < -0.39 is 77.7 Å². The maximum Gasteiger partial charge on any atom is 0.325 e. The molecule has 5 amide bonds. The number of carbonyl (C=O) groups excluding carboxylic acids is 5. The molecule has 15 N–H and O–H groups in total. The number of aliphatic imine (C=N–C) groups is 1. The number of H-pyrrole nitrogens is 1. The second kappa shape index (κ2) is 23.3. The summed E-state index contributed by atoms with van der Waals surface area (Å²) in [4.78, 5) is 87.4. The molecule has 58 heavy (non-hydrogen) atoms. The van der Waals surface area contributed by atoms with Crippen LogP contribution in [0.5, 0.6) is 0 Å². The number of carbonyl (C=O) groups is 6. The van der Waals surface area contributed by atoms with Crippen molar-refractivity contribution in [2.45, 2.75) is 102 Å². The first-order valence-electron chi connectivity index (χ1n) is 19.5. The number of amides is 5. The molecule has 0 radical (unpaired) electrons. The number of aromatic amines is 1. The van der Waals surface area contributed by atoms with Crippen LogP contribution < -0.4 is 49.5 Å². The molecule has 316 valence electrons. The SMILES string of the molecule is CC(C)[C@H](NC(=O)[C@H](Cc1ccccc1)NC(=O)[C@H](Cc1c[nH]c2ccccc12)NC(=O)[C@H](CCCCN)NC(=O)[C@@H](N)CCCN=C(N)N)C(=O)N[C@@H](C)C(=O)O. The van der Waals surface area contributed by atoms with Gasteiger partial charge < -0.3 is 59.6 Å². The van der Waals surface area contributed by atoms with Crippen molar-refractivity contribution in [2.75, 3.05) is 13.1 Å². The van der Waals surface area contributed by atoms with E-state index in [1.165, 1.54) is 6.92 Å². The van der Waals surface area contributed by atoms with E-state index in [2.05, 4.69) is 36.6 Å². The Morgan fingerprint density at radius 3 is 1.95 bits per heavy atom.